The fraction of sp³-hybridized carbons (Fsp3) is 0.250. The molecule has 6 nitrogen and oxygen atoms in total. The van der Waals surface area contributed by atoms with E-state index in [1.165, 1.54) is 37.4 Å². The SMILES string of the molecule is CN(CCO)S(=O)(=O)c1ccc2oc(=O)ccc2c1. The van der Waals surface area contributed by atoms with Gasteiger partial charge in [0.25, 0.3) is 0 Å². The zero-order valence-electron chi connectivity index (χ0n) is 10.2. The highest BCUT2D eigenvalue weighted by Gasteiger charge is 2.20. The highest BCUT2D eigenvalue weighted by atomic mass is 32.2. The molecule has 0 radical (unpaired) electrons. The van der Waals surface area contributed by atoms with E-state index in [4.69, 9.17) is 9.52 Å². The van der Waals surface area contributed by atoms with Crippen LogP contribution in [0, 0.1) is 0 Å². The molecule has 2 aromatic rings. The van der Waals surface area contributed by atoms with Gasteiger partial charge in [0, 0.05) is 25.0 Å². The van der Waals surface area contributed by atoms with E-state index in [-0.39, 0.29) is 18.0 Å². The van der Waals surface area contributed by atoms with E-state index < -0.39 is 15.6 Å². The molecular formula is C12H13NO5S. The molecule has 0 spiro atoms. The molecule has 1 heterocycles. The van der Waals surface area contributed by atoms with Crippen LogP contribution in [0.25, 0.3) is 11.0 Å². The molecule has 0 saturated carbocycles. The fourth-order valence-electron chi connectivity index (χ4n) is 1.65. The number of fused-ring (bicyclic) bond motifs is 1. The maximum Gasteiger partial charge on any atom is 0.336 e. The van der Waals surface area contributed by atoms with Crippen molar-refractivity contribution in [3.8, 4) is 0 Å². The Labute approximate surface area is 109 Å². The van der Waals surface area contributed by atoms with Crippen LogP contribution in [0.15, 0.2) is 44.4 Å². The summed E-state index contributed by atoms with van der Waals surface area (Å²) in [6.45, 7) is -0.234. The summed E-state index contributed by atoms with van der Waals surface area (Å²) < 4.78 is 30.3. The third kappa shape index (κ3) is 2.67. The van der Waals surface area contributed by atoms with Crippen molar-refractivity contribution < 1.29 is 17.9 Å². The van der Waals surface area contributed by atoms with Gasteiger partial charge in [-0.25, -0.2) is 13.2 Å². The molecule has 0 aliphatic carbocycles. The summed E-state index contributed by atoms with van der Waals surface area (Å²) >= 11 is 0. The summed E-state index contributed by atoms with van der Waals surface area (Å²) in [7, 11) is -2.26. The lowest BCUT2D eigenvalue weighted by molar-refractivity contribution is 0.266. The normalized spacial score (nSPS) is 12.2. The average Bonchev–Trinajstić information content (AvgIpc) is 2.38. The molecule has 1 N–H and O–H groups in total. The summed E-state index contributed by atoms with van der Waals surface area (Å²) in [6, 6.07) is 6.98. The lowest BCUT2D eigenvalue weighted by Gasteiger charge is -2.15. The molecule has 19 heavy (non-hydrogen) atoms. The number of likely N-dealkylation sites (N-methyl/N-ethyl adjacent to an activating group) is 1. The van der Waals surface area contributed by atoms with Crippen molar-refractivity contribution in [2.45, 2.75) is 4.90 Å². The van der Waals surface area contributed by atoms with E-state index in [1.807, 2.05) is 0 Å². The third-order valence-electron chi connectivity index (χ3n) is 2.71. The predicted molar refractivity (Wildman–Crippen MR) is 69.4 cm³/mol. The van der Waals surface area contributed by atoms with Gasteiger partial charge < -0.3 is 9.52 Å². The number of nitrogens with zero attached hydrogens (tertiary/aromatic N) is 1. The van der Waals surface area contributed by atoms with Crippen LogP contribution in [0.5, 0.6) is 0 Å². The van der Waals surface area contributed by atoms with Crippen LogP contribution < -0.4 is 5.63 Å². The Hall–Kier alpha value is -1.70. The first-order valence-corrected chi connectivity index (χ1v) is 7.00. The van der Waals surface area contributed by atoms with Crippen molar-refractivity contribution in [1.82, 2.24) is 4.31 Å². The van der Waals surface area contributed by atoms with E-state index in [0.717, 1.165) is 4.31 Å². The standard InChI is InChI=1S/C12H13NO5S/c1-13(6-7-14)19(16,17)10-3-4-11-9(8-10)2-5-12(15)18-11/h2-5,8,14H,6-7H2,1H3. The summed E-state index contributed by atoms with van der Waals surface area (Å²) in [5, 5.41) is 9.32. The second kappa shape index (κ2) is 5.12. The maximum atomic E-state index is 12.2. The molecule has 0 amide bonds. The summed E-state index contributed by atoms with van der Waals surface area (Å²) in [6.07, 6.45) is 0. The van der Waals surface area contributed by atoms with Crippen LogP contribution in [0.1, 0.15) is 0 Å². The van der Waals surface area contributed by atoms with Gasteiger partial charge >= 0.3 is 5.63 Å². The number of hydrogen-bond acceptors (Lipinski definition) is 5. The maximum absolute atomic E-state index is 12.2. The lowest BCUT2D eigenvalue weighted by atomic mass is 10.2. The molecule has 0 aliphatic rings. The molecule has 0 aliphatic heterocycles. The Morgan fingerprint density at radius 3 is 2.68 bits per heavy atom. The molecule has 0 fully saturated rings. The van der Waals surface area contributed by atoms with Gasteiger partial charge in [-0.1, -0.05) is 0 Å². The Bertz CT molecular complexity index is 750. The first kappa shape index (κ1) is 13.7. The second-order valence-electron chi connectivity index (χ2n) is 4.00. The van der Waals surface area contributed by atoms with Crippen molar-refractivity contribution in [2.75, 3.05) is 20.2 Å². The quantitative estimate of drug-likeness (QED) is 0.821. The number of aliphatic hydroxyl groups is 1. The number of rotatable bonds is 4. The second-order valence-corrected chi connectivity index (χ2v) is 6.05. The molecule has 0 atom stereocenters. The van der Waals surface area contributed by atoms with Gasteiger partial charge in [-0.3, -0.25) is 0 Å². The highest BCUT2D eigenvalue weighted by molar-refractivity contribution is 7.89. The molecule has 1 aromatic heterocycles. The Kier molecular flexibility index (Phi) is 3.70. The van der Waals surface area contributed by atoms with Crippen LogP contribution in [0.2, 0.25) is 0 Å². The van der Waals surface area contributed by atoms with Crippen LogP contribution in [-0.2, 0) is 10.0 Å². The summed E-state index contributed by atoms with van der Waals surface area (Å²) in [5.74, 6) is 0. The third-order valence-corrected chi connectivity index (χ3v) is 4.57. The van der Waals surface area contributed by atoms with Crippen molar-refractivity contribution >= 4 is 21.0 Å². The van der Waals surface area contributed by atoms with Gasteiger partial charge in [0.05, 0.1) is 11.5 Å². The molecule has 0 saturated heterocycles. The van der Waals surface area contributed by atoms with Crippen LogP contribution in [-0.4, -0.2) is 38.0 Å². The van der Waals surface area contributed by atoms with Crippen molar-refractivity contribution in [2.24, 2.45) is 0 Å². The van der Waals surface area contributed by atoms with Gasteiger partial charge in [0.15, 0.2) is 0 Å². The molecule has 0 bridgehead atoms. The molecule has 7 heteroatoms. The Morgan fingerprint density at radius 2 is 2.00 bits per heavy atom. The van der Waals surface area contributed by atoms with Crippen molar-refractivity contribution in [1.29, 1.82) is 0 Å². The first-order valence-electron chi connectivity index (χ1n) is 5.56. The molecule has 102 valence electrons. The van der Waals surface area contributed by atoms with Gasteiger partial charge in [0.1, 0.15) is 5.58 Å². The molecular weight excluding hydrogens is 270 g/mol. The molecule has 2 rings (SSSR count). The van der Waals surface area contributed by atoms with Crippen LogP contribution >= 0.6 is 0 Å². The largest absolute Gasteiger partial charge is 0.423 e. The minimum atomic E-state index is -3.65. The van der Waals surface area contributed by atoms with Gasteiger partial charge in [-0.2, -0.15) is 4.31 Å². The number of hydrogen-bond donors (Lipinski definition) is 1. The van der Waals surface area contributed by atoms with Crippen molar-refractivity contribution in [3.05, 3.63) is 40.8 Å². The number of benzene rings is 1. The smallest absolute Gasteiger partial charge is 0.336 e. The minimum absolute atomic E-state index is 0.0181. The minimum Gasteiger partial charge on any atom is -0.423 e. The van der Waals surface area contributed by atoms with Crippen LogP contribution in [0.4, 0.5) is 0 Å². The van der Waals surface area contributed by atoms with E-state index in [2.05, 4.69) is 0 Å². The van der Waals surface area contributed by atoms with E-state index >= 15 is 0 Å². The topological polar surface area (TPSA) is 87.8 Å². The van der Waals surface area contributed by atoms with Gasteiger partial charge in [-0.05, 0) is 24.3 Å². The predicted octanol–water partition coefficient (Wildman–Crippen LogP) is 0.406. The van der Waals surface area contributed by atoms with Gasteiger partial charge in [-0.15, -0.1) is 0 Å². The van der Waals surface area contributed by atoms with Crippen LogP contribution in [0.3, 0.4) is 0 Å². The zero-order valence-corrected chi connectivity index (χ0v) is 11.1. The summed E-state index contributed by atoms with van der Waals surface area (Å²) in [5.41, 5.74) is -0.156. The van der Waals surface area contributed by atoms with Crippen molar-refractivity contribution in [3.63, 3.8) is 0 Å². The Morgan fingerprint density at radius 1 is 1.26 bits per heavy atom. The monoisotopic (exact) mass is 283 g/mol. The number of aliphatic hydroxyl groups excluding tert-OH is 1. The fourth-order valence-corrected chi connectivity index (χ4v) is 2.85. The van der Waals surface area contributed by atoms with E-state index in [9.17, 15) is 13.2 Å². The van der Waals surface area contributed by atoms with E-state index in [0.29, 0.717) is 11.0 Å². The molecule has 0 unspecified atom stereocenters. The number of sulfonamides is 1. The van der Waals surface area contributed by atoms with E-state index in [1.54, 1.807) is 0 Å². The average molecular weight is 283 g/mol. The molecule has 1 aromatic carbocycles. The Balaban J connectivity index is 2.52. The zero-order chi connectivity index (χ0) is 14.0. The summed E-state index contributed by atoms with van der Waals surface area (Å²) in [4.78, 5) is 11.1. The lowest BCUT2D eigenvalue weighted by Crippen LogP contribution is -2.29. The highest BCUT2D eigenvalue weighted by Crippen LogP contribution is 2.20. The first-order chi connectivity index (χ1) is 8.95. The van der Waals surface area contributed by atoms with Gasteiger partial charge in [0.2, 0.25) is 10.0 Å².